The molecule has 0 atom stereocenters. The van der Waals surface area contributed by atoms with Gasteiger partial charge in [0.2, 0.25) is 0 Å². The number of nitrogens with zero attached hydrogens (tertiary/aromatic N) is 1. The number of carbonyl (C=O) groups is 1. The summed E-state index contributed by atoms with van der Waals surface area (Å²) in [6, 6.07) is 10.1. The van der Waals surface area contributed by atoms with E-state index in [0.29, 0.717) is 6.54 Å². The van der Waals surface area contributed by atoms with E-state index in [9.17, 15) is 4.79 Å². The SMILES string of the molecule is O=C(NCc1nc2ccccc2s1)c1cc2c(s1)CCC2. The van der Waals surface area contributed by atoms with Crippen molar-refractivity contribution in [3.63, 3.8) is 0 Å². The molecule has 106 valence electrons. The molecule has 0 unspecified atom stereocenters. The van der Waals surface area contributed by atoms with E-state index >= 15 is 0 Å². The standard InChI is InChI=1S/C16H14N2OS2/c19-16(14-8-10-4-3-7-12(10)20-14)17-9-15-18-11-5-1-2-6-13(11)21-15/h1-2,5-6,8H,3-4,7,9H2,(H,17,19). The van der Waals surface area contributed by atoms with Crippen LogP contribution in [0.2, 0.25) is 0 Å². The van der Waals surface area contributed by atoms with Crippen molar-refractivity contribution in [1.82, 2.24) is 10.3 Å². The van der Waals surface area contributed by atoms with Gasteiger partial charge in [0.25, 0.3) is 5.91 Å². The van der Waals surface area contributed by atoms with Crippen molar-refractivity contribution in [2.75, 3.05) is 0 Å². The van der Waals surface area contributed by atoms with Gasteiger partial charge in [-0.15, -0.1) is 22.7 Å². The number of hydrogen-bond acceptors (Lipinski definition) is 4. The van der Waals surface area contributed by atoms with Crippen LogP contribution in [0.25, 0.3) is 10.2 Å². The monoisotopic (exact) mass is 314 g/mol. The number of fused-ring (bicyclic) bond motifs is 2. The molecule has 1 N–H and O–H groups in total. The molecule has 0 aliphatic heterocycles. The lowest BCUT2D eigenvalue weighted by atomic mass is 10.2. The van der Waals surface area contributed by atoms with Gasteiger partial charge in [-0.2, -0.15) is 0 Å². The van der Waals surface area contributed by atoms with Crippen LogP contribution in [0.15, 0.2) is 30.3 Å². The summed E-state index contributed by atoms with van der Waals surface area (Å²) in [5.41, 5.74) is 2.37. The van der Waals surface area contributed by atoms with Gasteiger partial charge in [-0.25, -0.2) is 4.98 Å². The fraction of sp³-hybridized carbons (Fsp3) is 0.250. The Kier molecular flexibility index (Phi) is 3.24. The fourth-order valence-corrected chi connectivity index (χ4v) is 4.76. The van der Waals surface area contributed by atoms with E-state index in [0.717, 1.165) is 32.9 Å². The molecule has 1 aliphatic rings. The molecule has 0 fully saturated rings. The van der Waals surface area contributed by atoms with Crippen LogP contribution < -0.4 is 5.32 Å². The number of aryl methyl sites for hydroxylation is 2. The van der Waals surface area contributed by atoms with Crippen LogP contribution in [0, 0.1) is 0 Å². The van der Waals surface area contributed by atoms with E-state index < -0.39 is 0 Å². The second-order valence-electron chi connectivity index (χ2n) is 5.17. The molecule has 2 aromatic heterocycles. The molecule has 0 bridgehead atoms. The maximum atomic E-state index is 12.2. The van der Waals surface area contributed by atoms with Gasteiger partial charge in [0.05, 0.1) is 21.6 Å². The van der Waals surface area contributed by atoms with Gasteiger partial charge in [-0.1, -0.05) is 12.1 Å². The molecule has 3 aromatic rings. The lowest BCUT2D eigenvalue weighted by Crippen LogP contribution is -2.21. The minimum Gasteiger partial charge on any atom is -0.345 e. The second kappa shape index (κ2) is 5.24. The van der Waals surface area contributed by atoms with Crippen molar-refractivity contribution in [2.24, 2.45) is 0 Å². The lowest BCUT2D eigenvalue weighted by molar-refractivity contribution is 0.0955. The van der Waals surface area contributed by atoms with Gasteiger partial charge in [-0.3, -0.25) is 4.79 Å². The Morgan fingerprint density at radius 2 is 2.14 bits per heavy atom. The first-order chi connectivity index (χ1) is 10.3. The molecule has 0 saturated carbocycles. The van der Waals surface area contributed by atoms with Gasteiger partial charge in [0, 0.05) is 4.88 Å². The van der Waals surface area contributed by atoms with Crippen LogP contribution in [-0.4, -0.2) is 10.9 Å². The van der Waals surface area contributed by atoms with Crippen molar-refractivity contribution >= 4 is 38.8 Å². The molecule has 0 spiro atoms. The van der Waals surface area contributed by atoms with Crippen LogP contribution in [0.3, 0.4) is 0 Å². The Hall–Kier alpha value is -1.72. The zero-order valence-corrected chi connectivity index (χ0v) is 13.0. The van der Waals surface area contributed by atoms with E-state index in [2.05, 4.69) is 22.4 Å². The number of rotatable bonds is 3. The zero-order valence-electron chi connectivity index (χ0n) is 11.4. The Labute approximate surface area is 130 Å². The molecule has 1 amide bonds. The van der Waals surface area contributed by atoms with Crippen molar-refractivity contribution in [1.29, 1.82) is 0 Å². The van der Waals surface area contributed by atoms with Crippen LogP contribution >= 0.6 is 22.7 Å². The Balaban J connectivity index is 1.46. The molecule has 0 saturated heterocycles. The molecule has 0 radical (unpaired) electrons. The highest BCUT2D eigenvalue weighted by molar-refractivity contribution is 7.18. The van der Waals surface area contributed by atoms with Crippen molar-refractivity contribution in [3.05, 3.63) is 50.7 Å². The van der Waals surface area contributed by atoms with Gasteiger partial charge >= 0.3 is 0 Å². The summed E-state index contributed by atoms with van der Waals surface area (Å²) in [5.74, 6) is 0.0219. The van der Waals surface area contributed by atoms with Gasteiger partial charge in [0.1, 0.15) is 5.01 Å². The van der Waals surface area contributed by atoms with E-state index in [-0.39, 0.29) is 5.91 Å². The van der Waals surface area contributed by atoms with E-state index in [1.807, 2.05) is 18.2 Å². The first kappa shape index (κ1) is 13.0. The molecule has 1 aliphatic carbocycles. The smallest absolute Gasteiger partial charge is 0.261 e. The average Bonchev–Trinajstić information content (AvgIpc) is 3.17. The molecule has 4 rings (SSSR count). The highest BCUT2D eigenvalue weighted by atomic mass is 32.1. The second-order valence-corrected chi connectivity index (χ2v) is 7.42. The maximum absolute atomic E-state index is 12.2. The maximum Gasteiger partial charge on any atom is 0.261 e. The number of benzene rings is 1. The third-order valence-electron chi connectivity index (χ3n) is 3.71. The van der Waals surface area contributed by atoms with Gasteiger partial charge in [-0.05, 0) is 43.0 Å². The summed E-state index contributed by atoms with van der Waals surface area (Å²) in [6.45, 7) is 0.501. The number of amides is 1. The quantitative estimate of drug-likeness (QED) is 0.799. The molecule has 1 aromatic carbocycles. The van der Waals surface area contributed by atoms with E-state index in [1.54, 1.807) is 22.7 Å². The van der Waals surface area contributed by atoms with Crippen LogP contribution in [-0.2, 0) is 19.4 Å². The number of hydrogen-bond donors (Lipinski definition) is 1. The van der Waals surface area contributed by atoms with Gasteiger partial charge < -0.3 is 5.32 Å². The predicted octanol–water partition coefficient (Wildman–Crippen LogP) is 3.78. The first-order valence-electron chi connectivity index (χ1n) is 7.04. The molecule has 5 heteroatoms. The highest BCUT2D eigenvalue weighted by Crippen LogP contribution is 2.30. The number of para-hydroxylation sites is 1. The minimum atomic E-state index is 0.0219. The van der Waals surface area contributed by atoms with Crippen LogP contribution in [0.5, 0.6) is 0 Å². The van der Waals surface area contributed by atoms with E-state index in [4.69, 9.17) is 0 Å². The number of aromatic nitrogens is 1. The fourth-order valence-electron chi connectivity index (χ4n) is 2.68. The molecular weight excluding hydrogens is 300 g/mol. The van der Waals surface area contributed by atoms with Gasteiger partial charge in [0.15, 0.2) is 0 Å². The predicted molar refractivity (Wildman–Crippen MR) is 87.1 cm³/mol. The minimum absolute atomic E-state index is 0.0219. The summed E-state index contributed by atoms with van der Waals surface area (Å²) in [5, 5.41) is 3.94. The lowest BCUT2D eigenvalue weighted by Gasteiger charge is -2.00. The zero-order chi connectivity index (χ0) is 14.2. The topological polar surface area (TPSA) is 42.0 Å². The molecule has 3 nitrogen and oxygen atoms in total. The molecule has 2 heterocycles. The summed E-state index contributed by atoms with van der Waals surface area (Å²) >= 11 is 3.28. The molecule has 21 heavy (non-hydrogen) atoms. The van der Waals surface area contributed by atoms with Crippen molar-refractivity contribution in [3.8, 4) is 0 Å². The number of thiazole rings is 1. The van der Waals surface area contributed by atoms with Crippen LogP contribution in [0.4, 0.5) is 0 Å². The van der Waals surface area contributed by atoms with Crippen LogP contribution in [0.1, 0.15) is 31.5 Å². The average molecular weight is 314 g/mol. The van der Waals surface area contributed by atoms with Crippen molar-refractivity contribution in [2.45, 2.75) is 25.8 Å². The Bertz CT molecular complexity index is 764. The first-order valence-corrected chi connectivity index (χ1v) is 8.67. The number of carbonyl (C=O) groups excluding carboxylic acids is 1. The number of thiophene rings is 1. The normalized spacial score (nSPS) is 13.5. The largest absolute Gasteiger partial charge is 0.345 e. The third-order valence-corrected chi connectivity index (χ3v) is 5.98. The highest BCUT2D eigenvalue weighted by Gasteiger charge is 2.18. The summed E-state index contributed by atoms with van der Waals surface area (Å²) < 4.78 is 1.16. The van der Waals surface area contributed by atoms with Crippen molar-refractivity contribution < 1.29 is 4.79 Å². The Morgan fingerprint density at radius 3 is 3.00 bits per heavy atom. The third kappa shape index (κ3) is 2.47. The summed E-state index contributed by atoms with van der Waals surface area (Å²) in [4.78, 5) is 19.0. The summed E-state index contributed by atoms with van der Waals surface area (Å²) in [6.07, 6.45) is 3.48. The summed E-state index contributed by atoms with van der Waals surface area (Å²) in [7, 11) is 0. The van der Waals surface area contributed by atoms with E-state index in [1.165, 1.54) is 16.9 Å². The number of nitrogens with one attached hydrogen (secondary N) is 1. The molecular formula is C16H14N2OS2. The Morgan fingerprint density at radius 1 is 1.24 bits per heavy atom.